The van der Waals surface area contributed by atoms with Gasteiger partial charge >= 0.3 is 0 Å². The topological polar surface area (TPSA) is 106 Å². The molecule has 3 N–H and O–H groups in total. The third-order valence-electron chi connectivity index (χ3n) is 6.17. The van der Waals surface area contributed by atoms with E-state index in [1.54, 1.807) is 6.07 Å². The van der Waals surface area contributed by atoms with Crippen molar-refractivity contribution in [1.82, 2.24) is 20.2 Å². The summed E-state index contributed by atoms with van der Waals surface area (Å²) in [6, 6.07) is 5.31. The number of thiophene rings is 1. The van der Waals surface area contributed by atoms with E-state index in [2.05, 4.69) is 22.2 Å². The van der Waals surface area contributed by atoms with Crippen molar-refractivity contribution in [3.05, 3.63) is 33.2 Å². The number of carbonyl (C=O) groups is 1. The summed E-state index contributed by atoms with van der Waals surface area (Å²) < 4.78 is 26.2. The Balaban J connectivity index is 1.46. The molecule has 1 aliphatic rings. The highest BCUT2D eigenvalue weighted by molar-refractivity contribution is 7.16. The monoisotopic (exact) mass is 536 g/mol. The summed E-state index contributed by atoms with van der Waals surface area (Å²) in [7, 11) is 2.79. The summed E-state index contributed by atoms with van der Waals surface area (Å²) in [5, 5.41) is 3.80. The number of nitrogens with one attached hydrogen (secondary N) is 1. The largest absolute Gasteiger partial charge is 0.493 e. The lowest BCUT2D eigenvalue weighted by Crippen LogP contribution is -2.49. The van der Waals surface area contributed by atoms with E-state index >= 15 is 4.39 Å². The Morgan fingerprint density at radius 1 is 1.25 bits per heavy atom. The maximum Gasteiger partial charge on any atom is 0.228 e. The second kappa shape index (κ2) is 11.4. The quantitative estimate of drug-likeness (QED) is 0.424. The van der Waals surface area contributed by atoms with Crippen LogP contribution in [0.5, 0.6) is 11.5 Å². The van der Waals surface area contributed by atoms with Crippen LogP contribution in [-0.2, 0) is 4.79 Å². The molecule has 36 heavy (non-hydrogen) atoms. The van der Waals surface area contributed by atoms with E-state index in [4.69, 9.17) is 26.8 Å². The van der Waals surface area contributed by atoms with Crippen molar-refractivity contribution in [2.24, 2.45) is 0 Å². The Hall–Kier alpha value is -2.89. The fourth-order valence-corrected chi connectivity index (χ4v) is 5.38. The highest BCUT2D eigenvalue weighted by Gasteiger charge is 2.27. The Bertz CT molecular complexity index is 1230. The number of methoxy groups -OCH3 is 2. The van der Waals surface area contributed by atoms with Gasteiger partial charge in [-0.25, -0.2) is 9.37 Å². The van der Waals surface area contributed by atoms with E-state index in [9.17, 15) is 4.79 Å². The molecule has 194 valence electrons. The van der Waals surface area contributed by atoms with Gasteiger partial charge in [-0.3, -0.25) is 4.79 Å². The minimum absolute atomic E-state index is 0.0391. The zero-order valence-electron chi connectivity index (χ0n) is 20.5. The molecule has 1 unspecified atom stereocenters. The molecule has 2 aromatic heterocycles. The number of hydrogen-bond acceptors (Lipinski definition) is 9. The van der Waals surface area contributed by atoms with Gasteiger partial charge in [0.2, 0.25) is 11.9 Å². The molecule has 1 amide bonds. The number of aromatic nitrogens is 2. The van der Waals surface area contributed by atoms with Gasteiger partial charge in [0.15, 0.2) is 17.3 Å². The Kier molecular flexibility index (Phi) is 8.32. The minimum Gasteiger partial charge on any atom is -0.493 e. The molecule has 0 radical (unpaired) electrons. The van der Waals surface area contributed by atoms with Gasteiger partial charge < -0.3 is 30.3 Å². The first kappa shape index (κ1) is 26.2. The zero-order valence-corrected chi connectivity index (χ0v) is 22.1. The number of nitrogens with two attached hydrogens (primary N) is 1. The number of anilines is 2. The molecule has 1 fully saturated rings. The van der Waals surface area contributed by atoms with Crippen molar-refractivity contribution in [3.8, 4) is 11.5 Å². The minimum atomic E-state index is -0.657. The zero-order chi connectivity index (χ0) is 25.8. The fraction of sp³-hybridized carbons (Fsp3) is 0.458. The molecule has 12 heteroatoms. The van der Waals surface area contributed by atoms with Gasteiger partial charge in [-0.2, -0.15) is 4.98 Å². The highest BCUT2D eigenvalue weighted by Crippen LogP contribution is 2.37. The summed E-state index contributed by atoms with van der Waals surface area (Å²) in [5.41, 5.74) is 6.22. The molecule has 4 rings (SSSR count). The standard InChI is InChI=1S/C24H30ClFN6O3S/c1-4-7-28-15(17-5-6-18(25)36-17)13-19(33)31-8-10-32(11-9-31)24-29-21-14(23(27)30-24)12-16(34-2)22(35-3)20(21)26/h5-6,12,15,28H,4,7-11,13H2,1-3H3,(H2,27,29,30). The van der Waals surface area contributed by atoms with Gasteiger partial charge in [0.25, 0.3) is 0 Å². The van der Waals surface area contributed by atoms with E-state index in [0.29, 0.717) is 48.3 Å². The summed E-state index contributed by atoms with van der Waals surface area (Å²) >= 11 is 7.61. The maximum atomic E-state index is 15.1. The van der Waals surface area contributed by atoms with Crippen LogP contribution in [0.1, 0.15) is 30.7 Å². The van der Waals surface area contributed by atoms with Crippen molar-refractivity contribution in [2.45, 2.75) is 25.8 Å². The fourth-order valence-electron chi connectivity index (χ4n) is 4.25. The van der Waals surface area contributed by atoms with Gasteiger partial charge in [-0.05, 0) is 31.2 Å². The molecule has 1 atom stereocenters. The molecule has 0 spiro atoms. The number of hydrogen-bond donors (Lipinski definition) is 2. The molecule has 1 aliphatic heterocycles. The second-order valence-corrected chi connectivity index (χ2v) is 10.2. The first-order valence-electron chi connectivity index (χ1n) is 11.7. The Morgan fingerprint density at radius 2 is 2.00 bits per heavy atom. The third-order valence-corrected chi connectivity index (χ3v) is 7.51. The van der Waals surface area contributed by atoms with Crippen molar-refractivity contribution < 1.29 is 18.7 Å². The van der Waals surface area contributed by atoms with E-state index < -0.39 is 5.82 Å². The summed E-state index contributed by atoms with van der Waals surface area (Å²) in [6.07, 6.45) is 1.32. The number of carbonyl (C=O) groups excluding carboxylic acids is 1. The van der Waals surface area contributed by atoms with Gasteiger partial charge in [0.1, 0.15) is 11.3 Å². The van der Waals surface area contributed by atoms with Crippen LogP contribution in [0.2, 0.25) is 4.34 Å². The number of piperazine rings is 1. The van der Waals surface area contributed by atoms with E-state index in [0.717, 1.165) is 17.8 Å². The first-order chi connectivity index (χ1) is 17.4. The van der Waals surface area contributed by atoms with Crippen LogP contribution in [0, 0.1) is 5.82 Å². The lowest BCUT2D eigenvalue weighted by Gasteiger charge is -2.35. The van der Waals surface area contributed by atoms with E-state index in [-0.39, 0.29) is 34.8 Å². The van der Waals surface area contributed by atoms with Gasteiger partial charge in [0.05, 0.1) is 24.6 Å². The molecule has 1 saturated heterocycles. The van der Waals surface area contributed by atoms with E-state index in [1.807, 2.05) is 21.9 Å². The van der Waals surface area contributed by atoms with Crippen LogP contribution < -0.4 is 25.4 Å². The molecule has 3 heterocycles. The van der Waals surface area contributed by atoms with Crippen LogP contribution in [-0.4, -0.2) is 67.7 Å². The highest BCUT2D eigenvalue weighted by atomic mass is 35.5. The maximum absolute atomic E-state index is 15.1. The summed E-state index contributed by atoms with van der Waals surface area (Å²) in [4.78, 5) is 26.7. The smallest absolute Gasteiger partial charge is 0.228 e. The predicted molar refractivity (Wildman–Crippen MR) is 141 cm³/mol. The number of ether oxygens (including phenoxy) is 2. The third kappa shape index (κ3) is 5.42. The van der Waals surface area contributed by atoms with Crippen molar-refractivity contribution in [2.75, 3.05) is 57.6 Å². The molecule has 0 aliphatic carbocycles. The summed E-state index contributed by atoms with van der Waals surface area (Å²) in [6.45, 7) is 4.91. The normalized spacial score (nSPS) is 14.8. The van der Waals surface area contributed by atoms with Gasteiger partial charge in [-0.1, -0.05) is 18.5 Å². The van der Waals surface area contributed by atoms with Gasteiger partial charge in [0, 0.05) is 42.9 Å². The predicted octanol–water partition coefficient (Wildman–Crippen LogP) is 3.86. The molecular formula is C24H30ClFN6O3S. The number of fused-ring (bicyclic) bond motifs is 1. The molecule has 9 nitrogen and oxygen atoms in total. The summed E-state index contributed by atoms with van der Waals surface area (Å²) in [5.74, 6) is 0.0450. The van der Waals surface area contributed by atoms with Crippen LogP contribution in [0.15, 0.2) is 18.2 Å². The van der Waals surface area contributed by atoms with E-state index in [1.165, 1.54) is 25.6 Å². The van der Waals surface area contributed by atoms with Crippen LogP contribution in [0.3, 0.4) is 0 Å². The molecule has 0 saturated carbocycles. The number of benzene rings is 1. The van der Waals surface area contributed by atoms with Crippen molar-refractivity contribution in [3.63, 3.8) is 0 Å². The number of halogens is 2. The van der Waals surface area contributed by atoms with Gasteiger partial charge in [-0.15, -0.1) is 11.3 Å². The average molecular weight is 537 g/mol. The molecule has 0 bridgehead atoms. The molecular weight excluding hydrogens is 507 g/mol. The number of nitrogens with zero attached hydrogens (tertiary/aromatic N) is 4. The van der Waals surface area contributed by atoms with Crippen molar-refractivity contribution >= 4 is 51.5 Å². The SMILES string of the molecule is CCCNC(CC(=O)N1CCN(c2nc(N)c3cc(OC)c(OC)c(F)c3n2)CC1)c1ccc(Cl)s1. The van der Waals surface area contributed by atoms with Crippen LogP contribution in [0.25, 0.3) is 10.9 Å². The second-order valence-electron chi connectivity index (χ2n) is 8.45. The number of rotatable bonds is 9. The average Bonchev–Trinajstić information content (AvgIpc) is 3.32. The van der Waals surface area contributed by atoms with Crippen molar-refractivity contribution in [1.29, 1.82) is 0 Å². The number of amides is 1. The Labute approximate surface area is 218 Å². The first-order valence-corrected chi connectivity index (χ1v) is 12.9. The lowest BCUT2D eigenvalue weighted by atomic mass is 10.1. The Morgan fingerprint density at radius 3 is 2.61 bits per heavy atom. The number of nitrogen functional groups attached to an aromatic ring is 1. The van der Waals surface area contributed by atoms with Crippen LogP contribution >= 0.6 is 22.9 Å². The molecule has 3 aromatic rings. The molecule has 1 aromatic carbocycles. The van der Waals surface area contributed by atoms with Crippen LogP contribution in [0.4, 0.5) is 16.2 Å². The lowest BCUT2D eigenvalue weighted by molar-refractivity contribution is -0.132.